The van der Waals surface area contributed by atoms with Crippen LogP contribution < -0.4 is 0 Å². The molecule has 1 aromatic heterocycles. The Balaban J connectivity index is 1.78. The van der Waals surface area contributed by atoms with Gasteiger partial charge in [0.2, 0.25) is 0 Å². The molecule has 3 rings (SSSR count). The van der Waals surface area contributed by atoms with Gasteiger partial charge in [-0.3, -0.25) is 0 Å². The summed E-state index contributed by atoms with van der Waals surface area (Å²) in [5, 5.41) is 10.8. The Morgan fingerprint density at radius 1 is 1.50 bits per heavy atom. The second-order valence-electron chi connectivity index (χ2n) is 7.75. The lowest BCUT2D eigenvalue weighted by Gasteiger charge is -2.38. The standard InChI is InChI=1S/C19H25FN2O3S/c1-19(2,3)25-18(24)22-8-7-12(20)9-13(22)10-16(23)14-5-4-6-15-17(14)26-11-21-15/h4-6,11-13,16,23H,7-10H2,1-3H3/t12-,13+,16+/m1/s1. The molecule has 0 unspecified atom stereocenters. The van der Waals surface area contributed by atoms with Gasteiger partial charge >= 0.3 is 6.09 Å². The van der Waals surface area contributed by atoms with Crippen LogP contribution in [0.2, 0.25) is 0 Å². The fourth-order valence-electron chi connectivity index (χ4n) is 3.34. The molecular weight excluding hydrogens is 355 g/mol. The fraction of sp³-hybridized carbons (Fsp3) is 0.579. The van der Waals surface area contributed by atoms with Gasteiger partial charge < -0.3 is 14.7 Å². The van der Waals surface area contributed by atoms with Crippen LogP contribution in [0.15, 0.2) is 23.7 Å². The average molecular weight is 380 g/mol. The topological polar surface area (TPSA) is 62.7 Å². The highest BCUT2D eigenvalue weighted by atomic mass is 32.1. The molecule has 1 saturated heterocycles. The second kappa shape index (κ2) is 7.48. The van der Waals surface area contributed by atoms with Crippen LogP contribution in [-0.2, 0) is 4.74 Å². The number of amides is 1. The number of carbonyl (C=O) groups is 1. The van der Waals surface area contributed by atoms with Crippen molar-refractivity contribution in [3.8, 4) is 0 Å². The Bertz CT molecular complexity index is 773. The summed E-state index contributed by atoms with van der Waals surface area (Å²) in [5.74, 6) is 0. The molecule has 1 aromatic carbocycles. The molecule has 0 radical (unpaired) electrons. The van der Waals surface area contributed by atoms with Gasteiger partial charge in [-0.1, -0.05) is 12.1 Å². The number of hydrogen-bond donors (Lipinski definition) is 1. The number of hydrogen-bond acceptors (Lipinski definition) is 5. The molecule has 0 saturated carbocycles. The maximum Gasteiger partial charge on any atom is 0.410 e. The average Bonchev–Trinajstić information content (AvgIpc) is 3.01. The predicted molar refractivity (Wildman–Crippen MR) is 100 cm³/mol. The Hall–Kier alpha value is -1.73. The zero-order chi connectivity index (χ0) is 18.9. The molecule has 1 N–H and O–H groups in total. The minimum absolute atomic E-state index is 0.217. The molecular formula is C19H25FN2O3S. The van der Waals surface area contributed by atoms with Gasteiger partial charge in [-0.2, -0.15) is 0 Å². The molecule has 3 atom stereocenters. The molecule has 1 aliphatic heterocycles. The molecule has 0 bridgehead atoms. The first kappa shape index (κ1) is 19.0. The third-order valence-corrected chi connectivity index (χ3v) is 5.41. The number of fused-ring (bicyclic) bond motifs is 1. The van der Waals surface area contributed by atoms with Crippen molar-refractivity contribution in [1.82, 2.24) is 9.88 Å². The summed E-state index contributed by atoms with van der Waals surface area (Å²) < 4.78 is 20.4. The van der Waals surface area contributed by atoms with Crippen molar-refractivity contribution in [2.75, 3.05) is 6.54 Å². The molecule has 0 spiro atoms. The lowest BCUT2D eigenvalue weighted by molar-refractivity contribution is -0.00656. The minimum atomic E-state index is -0.968. The smallest absolute Gasteiger partial charge is 0.410 e. The van der Waals surface area contributed by atoms with Crippen molar-refractivity contribution in [1.29, 1.82) is 0 Å². The summed E-state index contributed by atoms with van der Waals surface area (Å²) in [4.78, 5) is 18.3. The van der Waals surface area contributed by atoms with E-state index in [2.05, 4.69) is 4.98 Å². The SMILES string of the molecule is CC(C)(C)OC(=O)N1CC[C@@H](F)C[C@H]1C[C@H](O)c1cccc2ncsc12. The highest BCUT2D eigenvalue weighted by Crippen LogP contribution is 2.33. The van der Waals surface area contributed by atoms with E-state index in [4.69, 9.17) is 4.74 Å². The number of ether oxygens (including phenoxy) is 1. The highest BCUT2D eigenvalue weighted by Gasteiger charge is 2.35. The lowest BCUT2D eigenvalue weighted by Crippen LogP contribution is -2.49. The van der Waals surface area contributed by atoms with Crippen molar-refractivity contribution in [2.24, 2.45) is 0 Å². The molecule has 1 aliphatic rings. The number of piperidine rings is 1. The zero-order valence-corrected chi connectivity index (χ0v) is 16.1. The number of carbonyl (C=O) groups excluding carboxylic acids is 1. The predicted octanol–water partition coefficient (Wildman–Crippen LogP) is 4.46. The van der Waals surface area contributed by atoms with Crippen LogP contribution in [0.4, 0.5) is 9.18 Å². The van der Waals surface area contributed by atoms with Gasteiger partial charge in [0, 0.05) is 18.2 Å². The van der Waals surface area contributed by atoms with Crippen LogP contribution in [0.5, 0.6) is 0 Å². The number of aliphatic hydroxyl groups is 1. The highest BCUT2D eigenvalue weighted by molar-refractivity contribution is 7.16. The molecule has 2 aromatic rings. The zero-order valence-electron chi connectivity index (χ0n) is 15.3. The number of likely N-dealkylation sites (tertiary alicyclic amines) is 1. The Morgan fingerprint density at radius 3 is 3.00 bits per heavy atom. The number of aliphatic hydroxyl groups excluding tert-OH is 1. The second-order valence-corrected chi connectivity index (χ2v) is 8.60. The Kier molecular flexibility index (Phi) is 5.48. The monoisotopic (exact) mass is 380 g/mol. The van der Waals surface area contributed by atoms with Gasteiger partial charge in [0.05, 0.1) is 21.8 Å². The van der Waals surface area contributed by atoms with Crippen molar-refractivity contribution >= 4 is 27.6 Å². The summed E-state index contributed by atoms with van der Waals surface area (Å²) in [6, 6.07) is 5.21. The van der Waals surface area contributed by atoms with Crippen LogP contribution >= 0.6 is 11.3 Å². The third kappa shape index (κ3) is 4.32. The van der Waals surface area contributed by atoms with Crippen molar-refractivity contribution in [3.63, 3.8) is 0 Å². The van der Waals surface area contributed by atoms with Crippen LogP contribution in [0, 0.1) is 0 Å². The summed E-state index contributed by atoms with van der Waals surface area (Å²) in [6.45, 7) is 5.72. The minimum Gasteiger partial charge on any atom is -0.444 e. The number of alkyl halides is 1. The first-order chi connectivity index (χ1) is 12.2. The molecule has 7 heteroatoms. The third-order valence-electron chi connectivity index (χ3n) is 4.52. The van der Waals surface area contributed by atoms with Gasteiger partial charge in [0.25, 0.3) is 0 Å². The lowest BCUT2D eigenvalue weighted by atomic mass is 9.93. The summed E-state index contributed by atoms with van der Waals surface area (Å²) in [6.07, 6.45) is -1.41. The molecule has 5 nitrogen and oxygen atoms in total. The van der Waals surface area contributed by atoms with E-state index in [1.54, 1.807) is 31.2 Å². The molecule has 0 aliphatic carbocycles. The molecule has 1 amide bonds. The molecule has 26 heavy (non-hydrogen) atoms. The molecule has 1 fully saturated rings. The fourth-order valence-corrected chi connectivity index (χ4v) is 4.19. The van der Waals surface area contributed by atoms with Crippen molar-refractivity contribution < 1.29 is 19.0 Å². The van der Waals surface area contributed by atoms with Gasteiger partial charge in [-0.05, 0) is 46.1 Å². The molecule has 2 heterocycles. The van der Waals surface area contributed by atoms with E-state index in [1.165, 1.54) is 11.3 Å². The maximum absolute atomic E-state index is 14.0. The Labute approximate surface area is 156 Å². The van der Waals surface area contributed by atoms with Gasteiger partial charge in [0.1, 0.15) is 11.8 Å². The normalized spacial score (nSPS) is 22.4. The van der Waals surface area contributed by atoms with Gasteiger partial charge in [-0.15, -0.1) is 11.3 Å². The van der Waals surface area contributed by atoms with E-state index < -0.39 is 30.0 Å². The summed E-state index contributed by atoms with van der Waals surface area (Å²) in [5.41, 5.74) is 2.74. The summed E-state index contributed by atoms with van der Waals surface area (Å²) >= 11 is 1.47. The van der Waals surface area contributed by atoms with E-state index in [-0.39, 0.29) is 12.8 Å². The quantitative estimate of drug-likeness (QED) is 0.854. The van der Waals surface area contributed by atoms with Crippen LogP contribution in [0.1, 0.15) is 51.7 Å². The van der Waals surface area contributed by atoms with Crippen LogP contribution in [-0.4, -0.2) is 45.4 Å². The number of rotatable bonds is 3. The number of benzene rings is 1. The molecule has 142 valence electrons. The van der Waals surface area contributed by atoms with E-state index in [0.717, 1.165) is 15.8 Å². The number of nitrogens with zero attached hydrogens (tertiary/aromatic N) is 2. The van der Waals surface area contributed by atoms with Crippen molar-refractivity contribution in [2.45, 2.75) is 64.0 Å². The van der Waals surface area contributed by atoms with Crippen molar-refractivity contribution in [3.05, 3.63) is 29.3 Å². The van der Waals surface area contributed by atoms with E-state index in [1.807, 2.05) is 18.2 Å². The maximum atomic E-state index is 14.0. The number of aromatic nitrogens is 1. The Morgan fingerprint density at radius 2 is 2.27 bits per heavy atom. The van der Waals surface area contributed by atoms with E-state index in [0.29, 0.717) is 13.0 Å². The van der Waals surface area contributed by atoms with E-state index >= 15 is 0 Å². The largest absolute Gasteiger partial charge is 0.444 e. The summed E-state index contributed by atoms with van der Waals surface area (Å²) in [7, 11) is 0. The number of halogens is 1. The first-order valence-electron chi connectivity index (χ1n) is 8.88. The number of thiazole rings is 1. The van der Waals surface area contributed by atoms with Gasteiger partial charge in [0.15, 0.2) is 0 Å². The first-order valence-corrected chi connectivity index (χ1v) is 9.76. The van der Waals surface area contributed by atoms with Crippen LogP contribution in [0.3, 0.4) is 0 Å². The van der Waals surface area contributed by atoms with Gasteiger partial charge in [-0.25, -0.2) is 14.2 Å². The van der Waals surface area contributed by atoms with Crippen LogP contribution in [0.25, 0.3) is 10.2 Å². The van der Waals surface area contributed by atoms with E-state index in [9.17, 15) is 14.3 Å².